The fourth-order valence-electron chi connectivity index (χ4n) is 1.51. The van der Waals surface area contributed by atoms with Crippen LogP contribution in [0.4, 0.5) is 5.69 Å². The number of hydrogen-bond acceptors (Lipinski definition) is 3. The molecule has 94 valence electrons. The van der Waals surface area contributed by atoms with Crippen LogP contribution in [0.25, 0.3) is 0 Å². The number of hydrogen-bond donors (Lipinski definition) is 3. The molecule has 0 aliphatic heterocycles. The lowest BCUT2D eigenvalue weighted by Gasteiger charge is -2.18. The van der Waals surface area contributed by atoms with Crippen molar-refractivity contribution in [3.63, 3.8) is 0 Å². The molecule has 0 bridgehead atoms. The van der Waals surface area contributed by atoms with Crippen LogP contribution in [0.1, 0.15) is 25.8 Å². The van der Waals surface area contributed by atoms with E-state index in [1.807, 2.05) is 38.1 Å². The first-order valence-electron chi connectivity index (χ1n) is 5.93. The van der Waals surface area contributed by atoms with Crippen LogP contribution in [-0.4, -0.2) is 11.9 Å². The van der Waals surface area contributed by atoms with Gasteiger partial charge in [0.25, 0.3) is 0 Å². The quantitative estimate of drug-likeness (QED) is 0.672. The van der Waals surface area contributed by atoms with Crippen LogP contribution in [0.2, 0.25) is 0 Å². The zero-order valence-corrected chi connectivity index (χ0v) is 10.4. The summed E-state index contributed by atoms with van der Waals surface area (Å²) in [4.78, 5) is 11.8. The van der Waals surface area contributed by atoms with Crippen LogP contribution in [0.3, 0.4) is 0 Å². The Morgan fingerprint density at radius 1 is 1.41 bits per heavy atom. The molecule has 0 aliphatic carbocycles. The SMILES string of the molecule is CCC(C)[C@H](N)C(=O)NCc1ccccc1N. The van der Waals surface area contributed by atoms with Gasteiger partial charge in [-0.1, -0.05) is 38.5 Å². The number of para-hydroxylation sites is 1. The fraction of sp³-hybridized carbons (Fsp3) is 0.462. The second-order valence-electron chi connectivity index (χ2n) is 4.33. The van der Waals surface area contributed by atoms with Gasteiger partial charge in [0, 0.05) is 12.2 Å². The molecule has 5 N–H and O–H groups in total. The number of nitrogens with one attached hydrogen (secondary N) is 1. The van der Waals surface area contributed by atoms with Gasteiger partial charge >= 0.3 is 0 Å². The third-order valence-corrected chi connectivity index (χ3v) is 3.07. The zero-order chi connectivity index (χ0) is 12.8. The molecule has 1 aromatic rings. The molecule has 2 atom stereocenters. The number of rotatable bonds is 5. The summed E-state index contributed by atoms with van der Waals surface area (Å²) in [6.45, 7) is 4.42. The molecule has 0 saturated carbocycles. The second kappa shape index (κ2) is 6.25. The Balaban J connectivity index is 2.51. The van der Waals surface area contributed by atoms with E-state index in [0.717, 1.165) is 12.0 Å². The Morgan fingerprint density at radius 2 is 2.06 bits per heavy atom. The lowest BCUT2D eigenvalue weighted by molar-refractivity contribution is -0.123. The van der Waals surface area contributed by atoms with E-state index in [1.54, 1.807) is 0 Å². The number of carbonyl (C=O) groups is 1. The van der Waals surface area contributed by atoms with E-state index in [-0.39, 0.29) is 11.8 Å². The van der Waals surface area contributed by atoms with E-state index >= 15 is 0 Å². The molecule has 17 heavy (non-hydrogen) atoms. The van der Waals surface area contributed by atoms with Crippen molar-refractivity contribution >= 4 is 11.6 Å². The summed E-state index contributed by atoms with van der Waals surface area (Å²) >= 11 is 0. The van der Waals surface area contributed by atoms with E-state index in [0.29, 0.717) is 12.2 Å². The molecule has 1 aromatic carbocycles. The molecule has 4 heteroatoms. The van der Waals surface area contributed by atoms with E-state index in [1.165, 1.54) is 0 Å². The zero-order valence-electron chi connectivity index (χ0n) is 10.4. The number of carbonyl (C=O) groups excluding carboxylic acids is 1. The fourth-order valence-corrected chi connectivity index (χ4v) is 1.51. The first-order valence-corrected chi connectivity index (χ1v) is 5.93. The highest BCUT2D eigenvalue weighted by molar-refractivity contribution is 5.81. The first-order chi connectivity index (χ1) is 8.06. The van der Waals surface area contributed by atoms with Crippen molar-refractivity contribution in [3.05, 3.63) is 29.8 Å². The number of nitrogens with two attached hydrogens (primary N) is 2. The summed E-state index contributed by atoms with van der Waals surface area (Å²) in [5, 5.41) is 2.81. The third kappa shape index (κ3) is 3.75. The number of nitrogen functional groups attached to an aromatic ring is 1. The second-order valence-corrected chi connectivity index (χ2v) is 4.33. The summed E-state index contributed by atoms with van der Waals surface area (Å²) in [5.74, 6) is 0.0609. The highest BCUT2D eigenvalue weighted by Gasteiger charge is 2.18. The molecular weight excluding hydrogens is 214 g/mol. The Labute approximate surface area is 102 Å². The molecule has 0 aromatic heterocycles. The Kier molecular flexibility index (Phi) is 4.97. The van der Waals surface area contributed by atoms with Gasteiger partial charge < -0.3 is 16.8 Å². The predicted molar refractivity (Wildman–Crippen MR) is 70.1 cm³/mol. The molecule has 0 spiro atoms. The minimum atomic E-state index is -0.454. The van der Waals surface area contributed by atoms with Gasteiger partial charge in [-0.2, -0.15) is 0 Å². The first kappa shape index (κ1) is 13.5. The number of benzene rings is 1. The molecule has 1 rings (SSSR count). The third-order valence-electron chi connectivity index (χ3n) is 3.07. The maximum Gasteiger partial charge on any atom is 0.237 e. The average Bonchev–Trinajstić information content (AvgIpc) is 2.35. The molecule has 1 unspecified atom stereocenters. The van der Waals surface area contributed by atoms with Crippen molar-refractivity contribution in [1.29, 1.82) is 0 Å². The highest BCUT2D eigenvalue weighted by atomic mass is 16.2. The monoisotopic (exact) mass is 235 g/mol. The van der Waals surface area contributed by atoms with Gasteiger partial charge in [-0.05, 0) is 17.5 Å². The van der Waals surface area contributed by atoms with Crippen LogP contribution >= 0.6 is 0 Å². The molecular formula is C13H21N3O. The summed E-state index contributed by atoms with van der Waals surface area (Å²) in [6, 6.07) is 7.02. The summed E-state index contributed by atoms with van der Waals surface area (Å²) < 4.78 is 0. The Hall–Kier alpha value is -1.55. The molecule has 0 fully saturated rings. The van der Waals surface area contributed by atoms with Gasteiger partial charge in [0.2, 0.25) is 5.91 Å². The van der Waals surface area contributed by atoms with Crippen LogP contribution in [0.15, 0.2) is 24.3 Å². The maximum atomic E-state index is 11.8. The van der Waals surface area contributed by atoms with E-state index < -0.39 is 6.04 Å². The van der Waals surface area contributed by atoms with Gasteiger partial charge in [-0.25, -0.2) is 0 Å². The van der Waals surface area contributed by atoms with E-state index in [4.69, 9.17) is 11.5 Å². The molecule has 0 aliphatic rings. The lowest BCUT2D eigenvalue weighted by Crippen LogP contribution is -2.44. The topological polar surface area (TPSA) is 81.1 Å². The molecule has 1 amide bonds. The van der Waals surface area contributed by atoms with Crippen molar-refractivity contribution in [3.8, 4) is 0 Å². The average molecular weight is 235 g/mol. The predicted octanol–water partition coefficient (Wildman–Crippen LogP) is 1.26. The van der Waals surface area contributed by atoms with Crippen molar-refractivity contribution in [2.24, 2.45) is 11.7 Å². The van der Waals surface area contributed by atoms with Crippen LogP contribution < -0.4 is 16.8 Å². The molecule has 0 radical (unpaired) electrons. The minimum Gasteiger partial charge on any atom is -0.398 e. The molecule has 0 saturated heterocycles. The summed E-state index contributed by atoms with van der Waals surface area (Å²) in [7, 11) is 0. The Bertz CT molecular complexity index is 379. The number of anilines is 1. The maximum absolute atomic E-state index is 11.8. The van der Waals surface area contributed by atoms with Crippen molar-refractivity contribution in [1.82, 2.24) is 5.32 Å². The highest BCUT2D eigenvalue weighted by Crippen LogP contribution is 2.10. The van der Waals surface area contributed by atoms with Gasteiger partial charge in [0.05, 0.1) is 6.04 Å². The van der Waals surface area contributed by atoms with Crippen molar-refractivity contribution < 1.29 is 4.79 Å². The largest absolute Gasteiger partial charge is 0.398 e. The van der Waals surface area contributed by atoms with Gasteiger partial charge in [0.15, 0.2) is 0 Å². The van der Waals surface area contributed by atoms with E-state index in [2.05, 4.69) is 5.32 Å². The van der Waals surface area contributed by atoms with Gasteiger partial charge in [-0.3, -0.25) is 4.79 Å². The molecule has 4 nitrogen and oxygen atoms in total. The summed E-state index contributed by atoms with van der Waals surface area (Å²) in [5.41, 5.74) is 13.2. The van der Waals surface area contributed by atoms with Crippen molar-refractivity contribution in [2.45, 2.75) is 32.9 Å². The van der Waals surface area contributed by atoms with Crippen LogP contribution in [0.5, 0.6) is 0 Å². The summed E-state index contributed by atoms with van der Waals surface area (Å²) in [6.07, 6.45) is 0.891. The lowest BCUT2D eigenvalue weighted by atomic mass is 9.99. The smallest absolute Gasteiger partial charge is 0.237 e. The normalized spacial score (nSPS) is 14.1. The van der Waals surface area contributed by atoms with Gasteiger partial charge in [0.1, 0.15) is 0 Å². The molecule has 0 heterocycles. The van der Waals surface area contributed by atoms with Gasteiger partial charge in [-0.15, -0.1) is 0 Å². The Morgan fingerprint density at radius 3 is 2.65 bits per heavy atom. The van der Waals surface area contributed by atoms with E-state index in [9.17, 15) is 4.79 Å². The van der Waals surface area contributed by atoms with Crippen molar-refractivity contribution in [2.75, 3.05) is 5.73 Å². The minimum absolute atomic E-state index is 0.123. The number of amides is 1. The van der Waals surface area contributed by atoms with Crippen LogP contribution in [0, 0.1) is 5.92 Å². The standard InChI is InChI=1S/C13H21N3O/c1-3-9(2)12(15)13(17)16-8-10-6-4-5-7-11(10)14/h4-7,9,12H,3,8,14-15H2,1-2H3,(H,16,17)/t9?,12-/m0/s1. The van der Waals surface area contributed by atoms with Crippen LogP contribution in [-0.2, 0) is 11.3 Å².